The molecule has 0 bridgehead atoms. The SMILES string of the molecule is COc1ccc(OC)c2c(Nc3ccc4cn[nH]c4c3)ccnc12. The van der Waals surface area contributed by atoms with E-state index < -0.39 is 0 Å². The topological polar surface area (TPSA) is 72.1 Å². The summed E-state index contributed by atoms with van der Waals surface area (Å²) in [7, 11) is 3.28. The number of aromatic nitrogens is 3. The highest BCUT2D eigenvalue weighted by atomic mass is 16.5. The molecule has 4 rings (SSSR count). The Hall–Kier alpha value is -3.28. The summed E-state index contributed by atoms with van der Waals surface area (Å²) in [5.74, 6) is 1.45. The van der Waals surface area contributed by atoms with Crippen LogP contribution in [-0.4, -0.2) is 29.4 Å². The second-order valence-electron chi connectivity index (χ2n) is 5.35. The number of aromatic amines is 1. The number of methoxy groups -OCH3 is 2. The van der Waals surface area contributed by atoms with Gasteiger partial charge in [-0.05, 0) is 36.4 Å². The van der Waals surface area contributed by atoms with Gasteiger partial charge in [-0.3, -0.25) is 10.1 Å². The Kier molecular flexibility index (Phi) is 3.42. The zero-order valence-electron chi connectivity index (χ0n) is 13.3. The number of anilines is 2. The first-order chi connectivity index (χ1) is 11.8. The Morgan fingerprint density at radius 1 is 1.00 bits per heavy atom. The summed E-state index contributed by atoms with van der Waals surface area (Å²) < 4.78 is 10.9. The van der Waals surface area contributed by atoms with Crippen LogP contribution in [0.3, 0.4) is 0 Å². The molecule has 0 aliphatic rings. The van der Waals surface area contributed by atoms with Crippen LogP contribution in [0.1, 0.15) is 0 Å². The van der Waals surface area contributed by atoms with E-state index in [0.29, 0.717) is 5.75 Å². The summed E-state index contributed by atoms with van der Waals surface area (Å²) in [6.07, 6.45) is 3.55. The molecule has 0 aliphatic heterocycles. The van der Waals surface area contributed by atoms with Gasteiger partial charge in [-0.25, -0.2) is 0 Å². The molecule has 120 valence electrons. The number of nitrogens with zero attached hydrogens (tertiary/aromatic N) is 2. The molecule has 2 aromatic carbocycles. The minimum absolute atomic E-state index is 0.707. The minimum Gasteiger partial charge on any atom is -0.496 e. The van der Waals surface area contributed by atoms with Gasteiger partial charge < -0.3 is 14.8 Å². The van der Waals surface area contributed by atoms with E-state index in [1.807, 2.05) is 36.4 Å². The van der Waals surface area contributed by atoms with Gasteiger partial charge in [0, 0.05) is 17.3 Å². The van der Waals surface area contributed by atoms with Gasteiger partial charge in [-0.2, -0.15) is 5.10 Å². The molecule has 2 aromatic heterocycles. The van der Waals surface area contributed by atoms with Gasteiger partial charge in [0.15, 0.2) is 0 Å². The average Bonchev–Trinajstić information content (AvgIpc) is 3.08. The van der Waals surface area contributed by atoms with Crippen molar-refractivity contribution in [3.05, 3.63) is 48.8 Å². The number of benzene rings is 2. The van der Waals surface area contributed by atoms with Crippen molar-refractivity contribution in [1.82, 2.24) is 15.2 Å². The van der Waals surface area contributed by atoms with Crippen LogP contribution in [0, 0.1) is 0 Å². The van der Waals surface area contributed by atoms with Crippen LogP contribution >= 0.6 is 0 Å². The van der Waals surface area contributed by atoms with Crippen molar-refractivity contribution in [1.29, 1.82) is 0 Å². The predicted molar refractivity (Wildman–Crippen MR) is 94.2 cm³/mol. The van der Waals surface area contributed by atoms with E-state index in [1.165, 1.54) is 0 Å². The standard InChI is InChI=1S/C18H16N4O2/c1-23-15-5-6-16(24-2)18-17(15)13(7-8-19-18)21-12-4-3-11-10-20-22-14(11)9-12/h3-10H,1-2H3,(H,19,21)(H,20,22). The van der Waals surface area contributed by atoms with Gasteiger partial charge in [-0.1, -0.05) is 0 Å². The zero-order chi connectivity index (χ0) is 16.5. The molecule has 2 heterocycles. The first kappa shape index (κ1) is 14.3. The maximum Gasteiger partial charge on any atom is 0.145 e. The molecule has 0 fully saturated rings. The molecule has 0 aliphatic carbocycles. The number of H-pyrrole nitrogens is 1. The maximum absolute atomic E-state index is 5.51. The highest BCUT2D eigenvalue weighted by Crippen LogP contribution is 2.37. The monoisotopic (exact) mass is 320 g/mol. The van der Waals surface area contributed by atoms with E-state index in [9.17, 15) is 0 Å². The van der Waals surface area contributed by atoms with E-state index in [-0.39, 0.29) is 0 Å². The molecule has 0 unspecified atom stereocenters. The quantitative estimate of drug-likeness (QED) is 0.597. The number of nitrogens with one attached hydrogen (secondary N) is 2. The summed E-state index contributed by atoms with van der Waals surface area (Å²) in [5.41, 5.74) is 3.58. The number of ether oxygens (including phenoxy) is 2. The van der Waals surface area contributed by atoms with Crippen LogP contribution in [0.5, 0.6) is 11.5 Å². The van der Waals surface area contributed by atoms with Crippen LogP contribution in [0.25, 0.3) is 21.8 Å². The van der Waals surface area contributed by atoms with E-state index in [4.69, 9.17) is 9.47 Å². The third-order valence-corrected chi connectivity index (χ3v) is 3.98. The van der Waals surface area contributed by atoms with Crippen molar-refractivity contribution in [2.24, 2.45) is 0 Å². The second kappa shape index (κ2) is 5.73. The van der Waals surface area contributed by atoms with Crippen molar-refractivity contribution in [3.8, 4) is 11.5 Å². The van der Waals surface area contributed by atoms with Crippen LogP contribution in [0.4, 0.5) is 11.4 Å². The van der Waals surface area contributed by atoms with Crippen LogP contribution in [0.15, 0.2) is 48.8 Å². The molecule has 0 saturated carbocycles. The van der Waals surface area contributed by atoms with Crippen molar-refractivity contribution < 1.29 is 9.47 Å². The fourth-order valence-corrected chi connectivity index (χ4v) is 2.82. The minimum atomic E-state index is 0.707. The molecule has 4 aromatic rings. The van der Waals surface area contributed by atoms with Crippen molar-refractivity contribution >= 4 is 33.2 Å². The zero-order valence-corrected chi connectivity index (χ0v) is 13.3. The van der Waals surface area contributed by atoms with E-state index >= 15 is 0 Å². The fourth-order valence-electron chi connectivity index (χ4n) is 2.82. The van der Waals surface area contributed by atoms with Gasteiger partial charge in [0.2, 0.25) is 0 Å². The lowest BCUT2D eigenvalue weighted by Gasteiger charge is -2.14. The Morgan fingerprint density at radius 2 is 1.83 bits per heavy atom. The van der Waals surface area contributed by atoms with Gasteiger partial charge >= 0.3 is 0 Å². The van der Waals surface area contributed by atoms with Crippen molar-refractivity contribution in [2.75, 3.05) is 19.5 Å². The molecule has 0 radical (unpaired) electrons. The maximum atomic E-state index is 5.51. The molecule has 24 heavy (non-hydrogen) atoms. The highest BCUT2D eigenvalue weighted by molar-refractivity contribution is 6.01. The Balaban J connectivity index is 1.86. The summed E-state index contributed by atoms with van der Waals surface area (Å²) in [6.45, 7) is 0. The molecular formula is C18H16N4O2. The highest BCUT2D eigenvalue weighted by Gasteiger charge is 2.13. The van der Waals surface area contributed by atoms with Gasteiger partial charge in [-0.15, -0.1) is 0 Å². The van der Waals surface area contributed by atoms with Crippen LogP contribution in [-0.2, 0) is 0 Å². The van der Waals surface area contributed by atoms with Crippen LogP contribution in [0.2, 0.25) is 0 Å². The molecule has 0 amide bonds. The van der Waals surface area contributed by atoms with E-state index in [1.54, 1.807) is 26.6 Å². The van der Waals surface area contributed by atoms with E-state index in [0.717, 1.165) is 38.9 Å². The average molecular weight is 320 g/mol. The summed E-state index contributed by atoms with van der Waals surface area (Å²) in [4.78, 5) is 4.44. The number of fused-ring (bicyclic) bond motifs is 2. The smallest absolute Gasteiger partial charge is 0.145 e. The van der Waals surface area contributed by atoms with Gasteiger partial charge in [0.1, 0.15) is 17.0 Å². The number of pyridine rings is 1. The summed E-state index contributed by atoms with van der Waals surface area (Å²) in [5, 5.41) is 12.4. The second-order valence-corrected chi connectivity index (χ2v) is 5.35. The van der Waals surface area contributed by atoms with Gasteiger partial charge in [0.25, 0.3) is 0 Å². The third kappa shape index (κ3) is 2.28. The normalized spacial score (nSPS) is 10.9. The van der Waals surface area contributed by atoms with Crippen molar-refractivity contribution in [2.45, 2.75) is 0 Å². The Morgan fingerprint density at radius 3 is 2.67 bits per heavy atom. The lowest BCUT2D eigenvalue weighted by Crippen LogP contribution is -1.97. The largest absolute Gasteiger partial charge is 0.496 e. The van der Waals surface area contributed by atoms with Gasteiger partial charge in [0.05, 0.1) is 37.0 Å². The molecular weight excluding hydrogens is 304 g/mol. The molecule has 2 N–H and O–H groups in total. The molecule has 0 saturated heterocycles. The lowest BCUT2D eigenvalue weighted by atomic mass is 10.1. The number of hydrogen-bond donors (Lipinski definition) is 2. The van der Waals surface area contributed by atoms with Crippen molar-refractivity contribution in [3.63, 3.8) is 0 Å². The first-order valence-electron chi connectivity index (χ1n) is 7.50. The Bertz CT molecular complexity index is 1030. The molecule has 6 heteroatoms. The van der Waals surface area contributed by atoms with Crippen LogP contribution < -0.4 is 14.8 Å². The summed E-state index contributed by atoms with van der Waals surface area (Å²) >= 11 is 0. The fraction of sp³-hybridized carbons (Fsp3) is 0.111. The molecule has 0 spiro atoms. The third-order valence-electron chi connectivity index (χ3n) is 3.98. The number of hydrogen-bond acceptors (Lipinski definition) is 5. The number of rotatable bonds is 4. The predicted octanol–water partition coefficient (Wildman–Crippen LogP) is 3.87. The Labute approximate surface area is 138 Å². The first-order valence-corrected chi connectivity index (χ1v) is 7.50. The lowest BCUT2D eigenvalue weighted by molar-refractivity contribution is 0.410. The summed E-state index contributed by atoms with van der Waals surface area (Å²) in [6, 6.07) is 11.7. The van der Waals surface area contributed by atoms with E-state index in [2.05, 4.69) is 20.5 Å². The molecule has 0 atom stereocenters. The molecule has 6 nitrogen and oxygen atoms in total.